The summed E-state index contributed by atoms with van der Waals surface area (Å²) in [5, 5.41) is 8.54. The van der Waals surface area contributed by atoms with Gasteiger partial charge in [-0.15, -0.1) is 0 Å². The molecule has 0 saturated heterocycles. The highest BCUT2D eigenvalue weighted by molar-refractivity contribution is 5.82. The third-order valence-corrected chi connectivity index (χ3v) is 2.07. The Balaban J connectivity index is 2.42. The smallest absolute Gasteiger partial charge is 0.392 e. The van der Waals surface area contributed by atoms with Gasteiger partial charge in [0.1, 0.15) is 0 Å². The van der Waals surface area contributed by atoms with E-state index in [2.05, 4.69) is 4.98 Å². The molecule has 1 aliphatic carbocycles. The zero-order valence-corrected chi connectivity index (χ0v) is 6.79. The predicted octanol–water partition coefficient (Wildman–Crippen LogP) is 1.72. The first-order valence-electron chi connectivity index (χ1n) is 4.05. The fraction of sp³-hybridized carbons (Fsp3) is 0.500. The number of hydrogen-bond donors (Lipinski definition) is 1. The van der Waals surface area contributed by atoms with Crippen molar-refractivity contribution in [3.05, 3.63) is 17.3 Å². The monoisotopic (exact) mass is 185 g/mol. The molecule has 1 N–H and O–H groups in total. The lowest BCUT2D eigenvalue weighted by Gasteiger charge is -2.11. The summed E-state index contributed by atoms with van der Waals surface area (Å²) in [5.74, 6) is -1.56. The molecule has 1 heterocycles. The van der Waals surface area contributed by atoms with Crippen LogP contribution in [0.5, 0.6) is 0 Å². The van der Waals surface area contributed by atoms with Crippen molar-refractivity contribution >= 4 is 5.97 Å². The fourth-order valence-electron chi connectivity index (χ4n) is 1.46. The molecule has 0 amide bonds. The molecule has 2 rings (SSSR count). The molecule has 0 aliphatic heterocycles. The van der Waals surface area contributed by atoms with Gasteiger partial charge in [0.2, 0.25) is 0 Å². The Morgan fingerprint density at radius 2 is 2.46 bits per heavy atom. The van der Waals surface area contributed by atoms with E-state index in [4.69, 9.17) is 9.52 Å². The Morgan fingerprint density at radius 1 is 1.69 bits per heavy atom. The second kappa shape index (κ2) is 2.83. The third-order valence-electron chi connectivity index (χ3n) is 2.07. The first-order chi connectivity index (χ1) is 6.18. The summed E-state index contributed by atoms with van der Waals surface area (Å²) in [6.45, 7) is 0. The highest BCUT2D eigenvalue weighted by atomic mass is 19.1. The van der Waals surface area contributed by atoms with Crippen LogP contribution in [-0.4, -0.2) is 16.1 Å². The molecule has 1 aliphatic rings. The summed E-state index contributed by atoms with van der Waals surface area (Å²) >= 11 is 0. The van der Waals surface area contributed by atoms with Crippen molar-refractivity contribution in [1.29, 1.82) is 0 Å². The van der Waals surface area contributed by atoms with Gasteiger partial charge < -0.3 is 9.52 Å². The van der Waals surface area contributed by atoms with E-state index in [1.54, 1.807) is 0 Å². The quantitative estimate of drug-likeness (QED) is 0.723. The lowest BCUT2D eigenvalue weighted by molar-refractivity contribution is 0.0648. The largest absolute Gasteiger partial charge is 0.474 e. The average Bonchev–Trinajstić information content (AvgIpc) is 2.49. The number of aromatic carboxylic acids is 1. The lowest BCUT2D eigenvalue weighted by Crippen LogP contribution is -2.03. The van der Waals surface area contributed by atoms with Crippen LogP contribution in [0.25, 0.3) is 0 Å². The van der Waals surface area contributed by atoms with E-state index >= 15 is 0 Å². The van der Waals surface area contributed by atoms with Crippen molar-refractivity contribution in [2.24, 2.45) is 0 Å². The van der Waals surface area contributed by atoms with E-state index in [1.165, 1.54) is 0 Å². The van der Waals surface area contributed by atoms with Gasteiger partial charge in [-0.1, -0.05) is 0 Å². The minimum atomic E-state index is -1.25. The molecule has 13 heavy (non-hydrogen) atoms. The van der Waals surface area contributed by atoms with E-state index in [-0.39, 0.29) is 5.76 Å². The number of rotatable bonds is 1. The van der Waals surface area contributed by atoms with Crippen LogP contribution in [0.2, 0.25) is 0 Å². The van der Waals surface area contributed by atoms with Crippen molar-refractivity contribution in [2.75, 3.05) is 0 Å². The number of fused-ring (bicyclic) bond motifs is 1. The lowest BCUT2D eigenvalue weighted by atomic mass is 10.0. The Kier molecular flexibility index (Phi) is 1.79. The Hall–Kier alpha value is -1.39. The summed E-state index contributed by atoms with van der Waals surface area (Å²) in [7, 11) is 0. The van der Waals surface area contributed by atoms with Gasteiger partial charge in [-0.25, -0.2) is 14.2 Å². The van der Waals surface area contributed by atoms with E-state index < -0.39 is 18.0 Å². The maximum atomic E-state index is 13.1. The van der Waals surface area contributed by atoms with Crippen LogP contribution in [-0.2, 0) is 6.42 Å². The van der Waals surface area contributed by atoms with Crippen molar-refractivity contribution in [2.45, 2.75) is 25.4 Å². The van der Waals surface area contributed by atoms with E-state index in [0.29, 0.717) is 25.0 Å². The van der Waals surface area contributed by atoms with Crippen molar-refractivity contribution in [3.63, 3.8) is 0 Å². The molecule has 0 saturated carbocycles. The van der Waals surface area contributed by atoms with Crippen molar-refractivity contribution in [1.82, 2.24) is 4.98 Å². The second-order valence-corrected chi connectivity index (χ2v) is 2.99. The number of nitrogens with zero attached hydrogens (tertiary/aromatic N) is 1. The maximum Gasteiger partial charge on any atom is 0.392 e. The molecule has 1 aromatic rings. The van der Waals surface area contributed by atoms with Gasteiger partial charge >= 0.3 is 11.9 Å². The van der Waals surface area contributed by atoms with Gasteiger partial charge in [-0.2, -0.15) is 0 Å². The number of oxazole rings is 1. The highest BCUT2D eigenvalue weighted by Crippen LogP contribution is 2.32. The summed E-state index contributed by atoms with van der Waals surface area (Å²) in [4.78, 5) is 14.1. The van der Waals surface area contributed by atoms with Crippen LogP contribution < -0.4 is 0 Å². The second-order valence-electron chi connectivity index (χ2n) is 2.99. The number of aryl methyl sites for hydroxylation is 1. The van der Waals surface area contributed by atoms with Gasteiger partial charge in [0.15, 0.2) is 11.9 Å². The summed E-state index contributed by atoms with van der Waals surface area (Å²) < 4.78 is 17.9. The standard InChI is InChI=1S/C8H8FNO3/c9-4-2-1-3-5-6(4)13-7(10-5)8(11)12/h4H,1-3H2,(H,11,12). The van der Waals surface area contributed by atoms with Crippen LogP contribution in [0.1, 0.15) is 41.2 Å². The topological polar surface area (TPSA) is 63.3 Å². The summed E-state index contributed by atoms with van der Waals surface area (Å²) in [6.07, 6.45) is 0.498. The zero-order valence-electron chi connectivity index (χ0n) is 6.79. The molecule has 0 fully saturated rings. The van der Waals surface area contributed by atoms with Crippen molar-refractivity contribution < 1.29 is 18.7 Å². The predicted molar refractivity (Wildman–Crippen MR) is 40.2 cm³/mol. The Morgan fingerprint density at radius 3 is 3.08 bits per heavy atom. The van der Waals surface area contributed by atoms with E-state index in [1.807, 2.05) is 0 Å². The SMILES string of the molecule is O=C(O)c1nc2c(o1)C(F)CCC2. The molecular weight excluding hydrogens is 177 g/mol. The average molecular weight is 185 g/mol. The molecule has 0 spiro atoms. The molecule has 1 unspecified atom stereocenters. The number of carboxylic acid groups (broad SMARTS) is 1. The molecule has 1 aromatic heterocycles. The number of carbonyl (C=O) groups is 1. The van der Waals surface area contributed by atoms with Gasteiger partial charge in [0.25, 0.3) is 0 Å². The number of alkyl halides is 1. The number of hydrogen-bond acceptors (Lipinski definition) is 3. The molecule has 4 nitrogen and oxygen atoms in total. The van der Waals surface area contributed by atoms with Crippen LogP contribution in [0.4, 0.5) is 4.39 Å². The maximum absolute atomic E-state index is 13.1. The van der Waals surface area contributed by atoms with E-state index in [0.717, 1.165) is 0 Å². The first kappa shape index (κ1) is 8.22. The molecule has 0 bridgehead atoms. The van der Waals surface area contributed by atoms with Gasteiger partial charge in [0, 0.05) is 0 Å². The van der Waals surface area contributed by atoms with Crippen molar-refractivity contribution in [3.8, 4) is 0 Å². The number of halogens is 1. The Bertz CT molecular complexity index is 347. The molecular formula is C8H8FNO3. The van der Waals surface area contributed by atoms with Crippen LogP contribution in [0.3, 0.4) is 0 Å². The zero-order chi connectivity index (χ0) is 9.42. The molecule has 70 valence electrons. The molecule has 0 aromatic carbocycles. The Labute approximate surface area is 73.4 Å². The van der Waals surface area contributed by atoms with E-state index in [9.17, 15) is 9.18 Å². The number of aromatic nitrogens is 1. The number of carboxylic acids is 1. The van der Waals surface area contributed by atoms with Crippen LogP contribution >= 0.6 is 0 Å². The first-order valence-corrected chi connectivity index (χ1v) is 4.05. The summed E-state index contributed by atoms with van der Waals surface area (Å²) in [6, 6.07) is 0. The minimum absolute atomic E-state index is 0.101. The normalized spacial score (nSPS) is 21.2. The van der Waals surface area contributed by atoms with Crippen LogP contribution in [0, 0.1) is 0 Å². The van der Waals surface area contributed by atoms with Crippen LogP contribution in [0.15, 0.2) is 4.42 Å². The van der Waals surface area contributed by atoms with Gasteiger partial charge in [-0.05, 0) is 19.3 Å². The van der Waals surface area contributed by atoms with Gasteiger partial charge in [-0.3, -0.25) is 0 Å². The third kappa shape index (κ3) is 1.30. The van der Waals surface area contributed by atoms with Gasteiger partial charge in [0.05, 0.1) is 5.69 Å². The molecule has 0 radical (unpaired) electrons. The fourth-order valence-corrected chi connectivity index (χ4v) is 1.46. The highest BCUT2D eigenvalue weighted by Gasteiger charge is 2.27. The molecule has 5 heteroatoms. The molecule has 1 atom stereocenters. The summed E-state index contributed by atoms with van der Waals surface area (Å²) in [5.41, 5.74) is 0.455. The minimum Gasteiger partial charge on any atom is -0.474 e.